The molecule has 20 heavy (non-hydrogen) atoms. The van der Waals surface area contributed by atoms with Gasteiger partial charge in [0.05, 0.1) is 0 Å². The summed E-state index contributed by atoms with van der Waals surface area (Å²) in [5, 5.41) is 2.93. The molecule has 0 atom stereocenters. The minimum Gasteiger partial charge on any atom is -0.374 e. The fraction of sp³-hybridized carbons (Fsp3) is 0.250. The normalized spacial score (nSPS) is 13.2. The summed E-state index contributed by atoms with van der Waals surface area (Å²) in [5.74, 6) is -0.0359. The molecule has 2 aromatic rings. The summed E-state index contributed by atoms with van der Waals surface area (Å²) in [4.78, 5) is 18.4. The molecule has 1 aliphatic heterocycles. The third kappa shape index (κ3) is 2.50. The van der Waals surface area contributed by atoms with E-state index >= 15 is 0 Å². The lowest BCUT2D eigenvalue weighted by Crippen LogP contribution is -2.23. The van der Waals surface area contributed by atoms with Crippen LogP contribution in [0.15, 0.2) is 42.7 Å². The number of hydrogen-bond acceptors (Lipinski definition) is 3. The first-order valence-electron chi connectivity index (χ1n) is 6.75. The average molecular weight is 267 g/mol. The standard InChI is InChI=1S/C16H17N3O/c1-19-8-6-13-9-14(4-5-15(13)19)16(20)18-11-12-3-2-7-17-10-12/h2-5,7,9-10H,6,8,11H2,1H3,(H,18,20). The molecule has 0 bridgehead atoms. The number of carbonyl (C=O) groups is 1. The van der Waals surface area contributed by atoms with Gasteiger partial charge in [0, 0.05) is 43.8 Å². The maximum absolute atomic E-state index is 12.2. The van der Waals surface area contributed by atoms with Gasteiger partial charge in [0.1, 0.15) is 0 Å². The second-order valence-corrected chi connectivity index (χ2v) is 5.06. The molecule has 0 saturated heterocycles. The number of hydrogen-bond donors (Lipinski definition) is 1. The molecule has 4 heteroatoms. The van der Waals surface area contributed by atoms with Crippen LogP contribution in [-0.4, -0.2) is 24.5 Å². The van der Waals surface area contributed by atoms with Gasteiger partial charge in [-0.25, -0.2) is 0 Å². The fourth-order valence-electron chi connectivity index (χ4n) is 2.50. The molecule has 0 radical (unpaired) electrons. The van der Waals surface area contributed by atoms with Gasteiger partial charge in [-0.2, -0.15) is 0 Å². The van der Waals surface area contributed by atoms with E-state index in [1.165, 1.54) is 11.3 Å². The van der Waals surface area contributed by atoms with E-state index in [1.807, 2.05) is 30.3 Å². The number of pyridine rings is 1. The van der Waals surface area contributed by atoms with Crippen molar-refractivity contribution in [2.75, 3.05) is 18.5 Å². The van der Waals surface area contributed by atoms with Gasteiger partial charge in [0.25, 0.3) is 5.91 Å². The van der Waals surface area contributed by atoms with Gasteiger partial charge in [-0.3, -0.25) is 9.78 Å². The van der Waals surface area contributed by atoms with Crippen LogP contribution in [-0.2, 0) is 13.0 Å². The molecule has 0 spiro atoms. The van der Waals surface area contributed by atoms with E-state index in [9.17, 15) is 4.79 Å². The van der Waals surface area contributed by atoms with Crippen LogP contribution >= 0.6 is 0 Å². The van der Waals surface area contributed by atoms with Crippen LogP contribution in [0.5, 0.6) is 0 Å². The van der Waals surface area contributed by atoms with Crippen molar-refractivity contribution in [2.24, 2.45) is 0 Å². The lowest BCUT2D eigenvalue weighted by Gasteiger charge is -2.12. The Bertz CT molecular complexity index is 625. The summed E-state index contributed by atoms with van der Waals surface area (Å²) in [5.41, 5.74) is 4.21. The van der Waals surface area contributed by atoms with Gasteiger partial charge in [-0.05, 0) is 41.8 Å². The molecule has 0 unspecified atom stereocenters. The van der Waals surface area contributed by atoms with Crippen LogP contribution in [0, 0.1) is 0 Å². The Balaban J connectivity index is 1.69. The highest BCUT2D eigenvalue weighted by Crippen LogP contribution is 2.27. The highest BCUT2D eigenvalue weighted by Gasteiger charge is 2.17. The Labute approximate surface area is 118 Å². The lowest BCUT2D eigenvalue weighted by molar-refractivity contribution is 0.0951. The van der Waals surface area contributed by atoms with Gasteiger partial charge < -0.3 is 10.2 Å². The minimum absolute atomic E-state index is 0.0359. The van der Waals surface area contributed by atoms with Crippen molar-refractivity contribution in [3.63, 3.8) is 0 Å². The molecular formula is C16H17N3O. The zero-order chi connectivity index (χ0) is 13.9. The molecule has 4 nitrogen and oxygen atoms in total. The number of carbonyl (C=O) groups excluding carboxylic acids is 1. The van der Waals surface area contributed by atoms with Crippen LogP contribution in [0.3, 0.4) is 0 Å². The molecule has 0 fully saturated rings. The number of fused-ring (bicyclic) bond motifs is 1. The quantitative estimate of drug-likeness (QED) is 0.925. The second-order valence-electron chi connectivity index (χ2n) is 5.06. The third-order valence-corrected chi connectivity index (χ3v) is 3.65. The highest BCUT2D eigenvalue weighted by atomic mass is 16.1. The van der Waals surface area contributed by atoms with Crippen molar-refractivity contribution in [1.29, 1.82) is 0 Å². The van der Waals surface area contributed by atoms with Crippen molar-refractivity contribution >= 4 is 11.6 Å². The number of nitrogens with zero attached hydrogens (tertiary/aromatic N) is 2. The first-order valence-corrected chi connectivity index (χ1v) is 6.75. The van der Waals surface area contributed by atoms with Crippen molar-refractivity contribution in [3.8, 4) is 0 Å². The molecular weight excluding hydrogens is 250 g/mol. The summed E-state index contributed by atoms with van der Waals surface area (Å²) in [7, 11) is 2.08. The number of nitrogens with one attached hydrogen (secondary N) is 1. The molecule has 1 N–H and O–H groups in total. The zero-order valence-electron chi connectivity index (χ0n) is 11.5. The Morgan fingerprint density at radius 3 is 3.10 bits per heavy atom. The smallest absolute Gasteiger partial charge is 0.251 e. The summed E-state index contributed by atoms with van der Waals surface area (Å²) >= 11 is 0. The first kappa shape index (κ1) is 12.7. The summed E-state index contributed by atoms with van der Waals surface area (Å²) in [6, 6.07) is 9.73. The maximum atomic E-state index is 12.2. The monoisotopic (exact) mass is 267 g/mol. The van der Waals surface area contributed by atoms with Gasteiger partial charge >= 0.3 is 0 Å². The Morgan fingerprint density at radius 2 is 2.30 bits per heavy atom. The van der Waals surface area contributed by atoms with E-state index in [2.05, 4.69) is 22.2 Å². The van der Waals surface area contributed by atoms with E-state index < -0.39 is 0 Å². The van der Waals surface area contributed by atoms with E-state index in [0.29, 0.717) is 6.54 Å². The van der Waals surface area contributed by atoms with E-state index in [-0.39, 0.29) is 5.91 Å². The first-order chi connectivity index (χ1) is 9.74. The van der Waals surface area contributed by atoms with Gasteiger partial charge in [0.2, 0.25) is 0 Å². The average Bonchev–Trinajstić information content (AvgIpc) is 2.87. The minimum atomic E-state index is -0.0359. The number of likely N-dealkylation sites (N-methyl/N-ethyl adjacent to an activating group) is 1. The molecule has 1 aromatic carbocycles. The summed E-state index contributed by atoms with van der Waals surface area (Å²) in [6.45, 7) is 1.53. The molecule has 2 heterocycles. The summed E-state index contributed by atoms with van der Waals surface area (Å²) in [6.07, 6.45) is 4.50. The number of rotatable bonds is 3. The summed E-state index contributed by atoms with van der Waals surface area (Å²) < 4.78 is 0. The predicted molar refractivity (Wildman–Crippen MR) is 78.8 cm³/mol. The predicted octanol–water partition coefficient (Wildman–Crippen LogP) is 2.00. The number of anilines is 1. The number of aromatic nitrogens is 1. The van der Waals surface area contributed by atoms with Crippen molar-refractivity contribution in [1.82, 2.24) is 10.3 Å². The van der Waals surface area contributed by atoms with E-state index in [4.69, 9.17) is 0 Å². The van der Waals surface area contributed by atoms with Gasteiger partial charge in [-0.15, -0.1) is 0 Å². The SMILES string of the molecule is CN1CCc2cc(C(=O)NCc3cccnc3)ccc21. The van der Waals surface area contributed by atoms with Crippen LogP contribution in [0.25, 0.3) is 0 Å². The fourth-order valence-corrected chi connectivity index (χ4v) is 2.50. The molecule has 1 aromatic heterocycles. The Kier molecular flexibility index (Phi) is 3.37. The third-order valence-electron chi connectivity index (χ3n) is 3.65. The molecule has 0 saturated carbocycles. The topological polar surface area (TPSA) is 45.2 Å². The number of amides is 1. The van der Waals surface area contributed by atoms with Crippen LogP contribution in [0.2, 0.25) is 0 Å². The molecule has 102 valence electrons. The maximum Gasteiger partial charge on any atom is 0.251 e. The van der Waals surface area contributed by atoms with Gasteiger partial charge in [-0.1, -0.05) is 6.07 Å². The number of benzene rings is 1. The van der Waals surface area contributed by atoms with Crippen molar-refractivity contribution in [3.05, 3.63) is 59.4 Å². The van der Waals surface area contributed by atoms with Crippen LogP contribution < -0.4 is 10.2 Å². The van der Waals surface area contributed by atoms with Gasteiger partial charge in [0.15, 0.2) is 0 Å². The lowest BCUT2D eigenvalue weighted by atomic mass is 10.1. The second kappa shape index (κ2) is 5.33. The zero-order valence-corrected chi connectivity index (χ0v) is 11.5. The van der Waals surface area contributed by atoms with Crippen molar-refractivity contribution < 1.29 is 4.79 Å². The van der Waals surface area contributed by atoms with Crippen LogP contribution in [0.1, 0.15) is 21.5 Å². The largest absolute Gasteiger partial charge is 0.374 e. The van der Waals surface area contributed by atoms with E-state index in [0.717, 1.165) is 24.1 Å². The Hall–Kier alpha value is -2.36. The molecule has 3 rings (SSSR count). The molecule has 0 aliphatic carbocycles. The molecule has 1 amide bonds. The van der Waals surface area contributed by atoms with Crippen molar-refractivity contribution in [2.45, 2.75) is 13.0 Å². The molecule has 1 aliphatic rings. The van der Waals surface area contributed by atoms with Crippen LogP contribution in [0.4, 0.5) is 5.69 Å². The van der Waals surface area contributed by atoms with E-state index in [1.54, 1.807) is 12.4 Å². The highest BCUT2D eigenvalue weighted by molar-refractivity contribution is 5.95. The Morgan fingerprint density at radius 1 is 1.40 bits per heavy atom.